The molecule has 0 aromatic heterocycles. The molecule has 1 nitrogen and oxygen atoms in total. The fourth-order valence-electron chi connectivity index (χ4n) is 2.06. The highest BCUT2D eigenvalue weighted by Crippen LogP contribution is 2.28. The molecule has 0 aliphatic carbocycles. The van der Waals surface area contributed by atoms with Crippen molar-refractivity contribution in [2.45, 2.75) is 39.0 Å². The summed E-state index contributed by atoms with van der Waals surface area (Å²) in [5, 5.41) is 0. The number of hydrogen-bond donors (Lipinski definition) is 0. The molecule has 0 saturated carbocycles. The monoisotopic (exact) mass is 220 g/mol. The molecule has 2 atom stereocenters. The van der Waals surface area contributed by atoms with Gasteiger partial charge in [0.15, 0.2) is 0 Å². The summed E-state index contributed by atoms with van der Waals surface area (Å²) < 4.78 is 5.21. The van der Waals surface area contributed by atoms with Crippen LogP contribution in [0.15, 0.2) is 30.3 Å². The smallest absolute Gasteiger partial charge is 0.0468 e. The predicted octanol–water partition coefficient (Wildman–Crippen LogP) is 4.24. The minimum atomic E-state index is 0.649. The van der Waals surface area contributed by atoms with Gasteiger partial charge in [0.25, 0.3) is 0 Å². The Kier molecular flexibility index (Phi) is 6.17. The molecule has 0 aliphatic rings. The summed E-state index contributed by atoms with van der Waals surface area (Å²) in [5.74, 6) is 1.44. The average Bonchev–Trinajstić information content (AvgIpc) is 2.35. The molecule has 1 aromatic carbocycles. The van der Waals surface area contributed by atoms with Gasteiger partial charge in [-0.1, -0.05) is 50.6 Å². The van der Waals surface area contributed by atoms with Crippen LogP contribution in [0.5, 0.6) is 0 Å². The molecule has 16 heavy (non-hydrogen) atoms. The summed E-state index contributed by atoms with van der Waals surface area (Å²) in [4.78, 5) is 0. The van der Waals surface area contributed by atoms with Crippen molar-refractivity contribution in [1.82, 2.24) is 0 Å². The number of rotatable bonds is 7. The van der Waals surface area contributed by atoms with Crippen molar-refractivity contribution in [3.63, 3.8) is 0 Å². The van der Waals surface area contributed by atoms with Crippen molar-refractivity contribution in [2.24, 2.45) is 5.92 Å². The van der Waals surface area contributed by atoms with Gasteiger partial charge in [0, 0.05) is 13.7 Å². The van der Waals surface area contributed by atoms with Crippen LogP contribution in [0.3, 0.4) is 0 Å². The Balaban J connectivity index is 2.63. The summed E-state index contributed by atoms with van der Waals surface area (Å²) in [6.45, 7) is 5.46. The molecule has 90 valence electrons. The minimum absolute atomic E-state index is 0.649. The van der Waals surface area contributed by atoms with E-state index in [1.54, 1.807) is 7.11 Å². The van der Waals surface area contributed by atoms with Gasteiger partial charge in [0.2, 0.25) is 0 Å². The van der Waals surface area contributed by atoms with Crippen LogP contribution in [0.25, 0.3) is 0 Å². The Hall–Kier alpha value is -0.820. The Morgan fingerprint density at radius 1 is 1.19 bits per heavy atom. The molecule has 0 saturated heterocycles. The predicted molar refractivity (Wildman–Crippen MR) is 69.7 cm³/mol. The Morgan fingerprint density at radius 2 is 1.88 bits per heavy atom. The highest BCUT2D eigenvalue weighted by atomic mass is 16.5. The second-order valence-corrected chi connectivity index (χ2v) is 4.64. The molecule has 0 bridgehead atoms. The first kappa shape index (κ1) is 13.2. The molecule has 0 radical (unpaired) electrons. The Morgan fingerprint density at radius 3 is 2.44 bits per heavy atom. The molecular formula is C15H24O. The first-order valence-corrected chi connectivity index (χ1v) is 6.31. The largest absolute Gasteiger partial charge is 0.385 e. The van der Waals surface area contributed by atoms with Gasteiger partial charge in [-0.2, -0.15) is 0 Å². The number of ether oxygens (including phenoxy) is 1. The van der Waals surface area contributed by atoms with E-state index in [4.69, 9.17) is 4.74 Å². The third-order valence-corrected chi connectivity index (χ3v) is 3.33. The fraction of sp³-hybridized carbons (Fsp3) is 0.600. The number of hydrogen-bond acceptors (Lipinski definition) is 1. The number of benzene rings is 1. The lowest BCUT2D eigenvalue weighted by Gasteiger charge is -2.20. The summed E-state index contributed by atoms with van der Waals surface area (Å²) in [6, 6.07) is 10.8. The summed E-state index contributed by atoms with van der Waals surface area (Å²) >= 11 is 0. The zero-order valence-corrected chi connectivity index (χ0v) is 10.8. The highest BCUT2D eigenvalue weighted by molar-refractivity contribution is 5.19. The molecule has 1 rings (SSSR count). The van der Waals surface area contributed by atoms with E-state index in [1.165, 1.54) is 18.4 Å². The molecule has 0 aliphatic heterocycles. The van der Waals surface area contributed by atoms with Gasteiger partial charge in [-0.25, -0.2) is 0 Å². The van der Waals surface area contributed by atoms with E-state index >= 15 is 0 Å². The van der Waals surface area contributed by atoms with Crippen molar-refractivity contribution < 1.29 is 4.74 Å². The molecule has 0 heterocycles. The van der Waals surface area contributed by atoms with Crippen molar-refractivity contribution in [3.8, 4) is 0 Å². The van der Waals surface area contributed by atoms with Crippen LogP contribution in [0, 0.1) is 5.92 Å². The zero-order chi connectivity index (χ0) is 11.8. The lowest BCUT2D eigenvalue weighted by molar-refractivity contribution is 0.183. The average molecular weight is 220 g/mol. The molecule has 0 amide bonds. The third kappa shape index (κ3) is 4.36. The van der Waals surface area contributed by atoms with Crippen LogP contribution in [0.2, 0.25) is 0 Å². The van der Waals surface area contributed by atoms with Gasteiger partial charge in [-0.05, 0) is 30.2 Å². The van der Waals surface area contributed by atoms with E-state index in [1.807, 2.05) is 0 Å². The lowest BCUT2D eigenvalue weighted by atomic mass is 9.86. The van der Waals surface area contributed by atoms with Crippen LogP contribution in [-0.4, -0.2) is 13.7 Å². The van der Waals surface area contributed by atoms with Gasteiger partial charge in [0.1, 0.15) is 0 Å². The second-order valence-electron chi connectivity index (χ2n) is 4.64. The van der Waals surface area contributed by atoms with Crippen molar-refractivity contribution in [3.05, 3.63) is 35.9 Å². The standard InChI is InChI=1S/C15H24O/c1-4-13(2)12-15(10-11-16-3)14-8-6-5-7-9-14/h5-9,13,15H,4,10-12H2,1-3H3. The Labute approximate surface area is 99.8 Å². The Bertz CT molecular complexity index is 268. The van der Waals surface area contributed by atoms with Crippen molar-refractivity contribution in [2.75, 3.05) is 13.7 Å². The topological polar surface area (TPSA) is 9.23 Å². The summed E-state index contributed by atoms with van der Waals surface area (Å²) in [5.41, 5.74) is 1.46. The summed E-state index contributed by atoms with van der Waals surface area (Å²) in [7, 11) is 1.78. The molecule has 1 heteroatoms. The molecule has 0 fully saturated rings. The first-order chi connectivity index (χ1) is 7.77. The normalized spacial score (nSPS) is 14.7. The molecule has 0 N–H and O–H groups in total. The zero-order valence-electron chi connectivity index (χ0n) is 10.8. The third-order valence-electron chi connectivity index (χ3n) is 3.33. The van der Waals surface area contributed by atoms with E-state index in [0.29, 0.717) is 5.92 Å². The van der Waals surface area contributed by atoms with E-state index in [9.17, 15) is 0 Å². The maximum atomic E-state index is 5.21. The molecule has 2 unspecified atom stereocenters. The first-order valence-electron chi connectivity index (χ1n) is 6.31. The maximum absolute atomic E-state index is 5.21. The fourth-order valence-corrected chi connectivity index (χ4v) is 2.06. The van der Waals surface area contributed by atoms with Gasteiger partial charge in [-0.15, -0.1) is 0 Å². The van der Waals surface area contributed by atoms with Crippen LogP contribution in [0.4, 0.5) is 0 Å². The lowest BCUT2D eigenvalue weighted by Crippen LogP contribution is -2.07. The molecule has 1 aromatic rings. The van der Waals surface area contributed by atoms with Crippen LogP contribution in [-0.2, 0) is 4.74 Å². The van der Waals surface area contributed by atoms with Crippen LogP contribution < -0.4 is 0 Å². The van der Waals surface area contributed by atoms with Crippen LogP contribution in [0.1, 0.15) is 44.6 Å². The van der Waals surface area contributed by atoms with Gasteiger partial charge in [0.05, 0.1) is 0 Å². The molecule has 0 spiro atoms. The quantitative estimate of drug-likeness (QED) is 0.667. The van der Waals surface area contributed by atoms with E-state index in [-0.39, 0.29) is 0 Å². The number of methoxy groups -OCH3 is 1. The molecular weight excluding hydrogens is 196 g/mol. The van der Waals surface area contributed by atoms with Crippen molar-refractivity contribution in [1.29, 1.82) is 0 Å². The minimum Gasteiger partial charge on any atom is -0.385 e. The van der Waals surface area contributed by atoms with Gasteiger partial charge in [-0.3, -0.25) is 0 Å². The van der Waals surface area contributed by atoms with E-state index in [2.05, 4.69) is 44.2 Å². The maximum Gasteiger partial charge on any atom is 0.0468 e. The summed E-state index contributed by atoms with van der Waals surface area (Å²) in [6.07, 6.45) is 3.66. The van der Waals surface area contributed by atoms with Gasteiger partial charge < -0.3 is 4.74 Å². The van der Waals surface area contributed by atoms with E-state index < -0.39 is 0 Å². The highest BCUT2D eigenvalue weighted by Gasteiger charge is 2.13. The second kappa shape index (κ2) is 7.45. The van der Waals surface area contributed by atoms with Crippen molar-refractivity contribution >= 4 is 0 Å². The van der Waals surface area contributed by atoms with Gasteiger partial charge >= 0.3 is 0 Å². The SMILES string of the molecule is CCC(C)CC(CCOC)c1ccccc1. The van der Waals surface area contributed by atoms with Crippen LogP contribution >= 0.6 is 0 Å². The van der Waals surface area contributed by atoms with E-state index in [0.717, 1.165) is 18.9 Å².